The largest absolute Gasteiger partial charge is 0.466 e. The lowest BCUT2D eigenvalue weighted by molar-refractivity contribution is -0.144. The van der Waals surface area contributed by atoms with Crippen LogP contribution in [0.15, 0.2) is 0 Å². The second kappa shape index (κ2) is 30.3. The zero-order chi connectivity index (χ0) is 24.8. The van der Waals surface area contributed by atoms with Crippen molar-refractivity contribution in [3.63, 3.8) is 0 Å². The molecule has 0 aromatic heterocycles. The molecule has 0 bridgehead atoms. The maximum absolute atomic E-state index is 11.7. The Kier molecular flexibility index (Phi) is 29.7. The highest BCUT2D eigenvalue weighted by atomic mass is 16.6. The molecule has 0 atom stereocenters. The fourth-order valence-electron chi connectivity index (χ4n) is 3.56. The number of hydrogen-bond donors (Lipinski definition) is 0. The Labute approximate surface area is 210 Å². The smallest absolute Gasteiger partial charge is 0.305 e. The highest BCUT2D eigenvalue weighted by Crippen LogP contribution is 2.08. The maximum Gasteiger partial charge on any atom is 0.305 e. The van der Waals surface area contributed by atoms with Gasteiger partial charge in [0.2, 0.25) is 0 Å². The van der Waals surface area contributed by atoms with Crippen molar-refractivity contribution in [2.24, 2.45) is 0 Å². The molecule has 0 heterocycles. The third kappa shape index (κ3) is 29.3. The van der Waals surface area contributed by atoms with Crippen LogP contribution in [0.4, 0.5) is 0 Å². The van der Waals surface area contributed by atoms with Crippen LogP contribution in [0, 0.1) is 0 Å². The van der Waals surface area contributed by atoms with Crippen molar-refractivity contribution in [2.75, 3.05) is 59.5 Å². The summed E-state index contributed by atoms with van der Waals surface area (Å²) in [5.74, 6) is -0.116. The Morgan fingerprint density at radius 1 is 0.412 bits per heavy atom. The third-order valence-corrected chi connectivity index (χ3v) is 5.69. The zero-order valence-electron chi connectivity index (χ0n) is 22.6. The molecule has 204 valence electrons. The van der Waals surface area contributed by atoms with Crippen LogP contribution in [0.25, 0.3) is 0 Å². The molecule has 6 heteroatoms. The summed E-state index contributed by atoms with van der Waals surface area (Å²) in [4.78, 5) is 11.7. The van der Waals surface area contributed by atoms with Crippen LogP contribution in [-0.2, 0) is 28.5 Å². The molecule has 0 aliphatic carbocycles. The van der Waals surface area contributed by atoms with E-state index >= 15 is 0 Å². The van der Waals surface area contributed by atoms with Crippen molar-refractivity contribution >= 4 is 5.97 Å². The summed E-state index contributed by atoms with van der Waals surface area (Å²) in [6.07, 6.45) is 18.8. The van der Waals surface area contributed by atoms with E-state index in [4.69, 9.17) is 23.7 Å². The number of hydrogen-bond acceptors (Lipinski definition) is 6. The third-order valence-electron chi connectivity index (χ3n) is 5.69. The molecule has 34 heavy (non-hydrogen) atoms. The van der Waals surface area contributed by atoms with E-state index < -0.39 is 0 Å². The fourth-order valence-corrected chi connectivity index (χ4v) is 3.56. The number of ether oxygens (including phenoxy) is 5. The Balaban J connectivity index is 3.11. The molecular formula is C28H56O6. The van der Waals surface area contributed by atoms with Gasteiger partial charge < -0.3 is 23.7 Å². The van der Waals surface area contributed by atoms with Crippen molar-refractivity contribution in [3.05, 3.63) is 0 Å². The molecule has 6 nitrogen and oxygen atoms in total. The van der Waals surface area contributed by atoms with Gasteiger partial charge >= 0.3 is 5.97 Å². The molecule has 0 aromatic rings. The predicted octanol–water partition coefficient (Wildman–Crippen LogP) is 6.88. The predicted molar refractivity (Wildman–Crippen MR) is 139 cm³/mol. The lowest BCUT2D eigenvalue weighted by atomic mass is 10.1. The van der Waals surface area contributed by atoms with E-state index in [1.807, 2.05) is 0 Å². The van der Waals surface area contributed by atoms with Gasteiger partial charge in [-0.05, 0) is 19.3 Å². The van der Waals surface area contributed by atoms with Crippen LogP contribution in [0.1, 0.15) is 117 Å². The SMILES string of the molecule is CCCCCCCCCOCCOCCOCCOCCCC(=O)OCCCCCCCCC. The number of carbonyl (C=O) groups excluding carboxylic acids is 1. The Hall–Kier alpha value is -0.690. The molecule has 0 unspecified atom stereocenters. The number of carbonyl (C=O) groups is 1. The summed E-state index contributed by atoms with van der Waals surface area (Å²) >= 11 is 0. The van der Waals surface area contributed by atoms with E-state index in [1.165, 1.54) is 70.6 Å². The normalized spacial score (nSPS) is 11.2. The van der Waals surface area contributed by atoms with E-state index in [0.29, 0.717) is 65.7 Å². The average molecular weight is 489 g/mol. The molecule has 0 fully saturated rings. The van der Waals surface area contributed by atoms with Gasteiger partial charge in [-0.25, -0.2) is 0 Å². The standard InChI is InChI=1S/C28H56O6/c1-3-5-7-9-11-13-15-19-30-22-24-32-26-27-33-25-23-31-20-17-18-28(29)34-21-16-14-12-10-8-6-4-2/h3-27H2,1-2H3. The molecule has 0 aliphatic rings. The average Bonchev–Trinajstić information content (AvgIpc) is 2.84. The first kappa shape index (κ1) is 33.3. The van der Waals surface area contributed by atoms with Gasteiger partial charge in [0.25, 0.3) is 0 Å². The Morgan fingerprint density at radius 2 is 0.765 bits per heavy atom. The van der Waals surface area contributed by atoms with Gasteiger partial charge in [-0.3, -0.25) is 4.79 Å². The summed E-state index contributed by atoms with van der Waals surface area (Å²) in [6.45, 7) is 9.91. The lowest BCUT2D eigenvalue weighted by Crippen LogP contribution is -2.12. The van der Waals surface area contributed by atoms with Crippen LogP contribution >= 0.6 is 0 Å². The maximum atomic E-state index is 11.7. The Bertz CT molecular complexity index is 391. The van der Waals surface area contributed by atoms with Crippen molar-refractivity contribution in [3.8, 4) is 0 Å². The zero-order valence-corrected chi connectivity index (χ0v) is 22.6. The lowest BCUT2D eigenvalue weighted by Gasteiger charge is -2.08. The molecule has 0 amide bonds. The van der Waals surface area contributed by atoms with Crippen LogP contribution in [0.3, 0.4) is 0 Å². The summed E-state index contributed by atoms with van der Waals surface area (Å²) in [5.41, 5.74) is 0. The van der Waals surface area contributed by atoms with Crippen LogP contribution in [0.5, 0.6) is 0 Å². The number of esters is 1. The van der Waals surface area contributed by atoms with E-state index in [0.717, 1.165) is 25.9 Å². The van der Waals surface area contributed by atoms with Gasteiger partial charge in [0, 0.05) is 19.6 Å². The van der Waals surface area contributed by atoms with Gasteiger partial charge in [-0.15, -0.1) is 0 Å². The molecule has 0 N–H and O–H groups in total. The number of unbranched alkanes of at least 4 members (excludes halogenated alkanes) is 12. The first-order valence-electron chi connectivity index (χ1n) is 14.3. The second-order valence-corrected chi connectivity index (χ2v) is 9.02. The van der Waals surface area contributed by atoms with Crippen LogP contribution in [0.2, 0.25) is 0 Å². The quantitative estimate of drug-likeness (QED) is 0.0845. The Morgan fingerprint density at radius 3 is 1.24 bits per heavy atom. The van der Waals surface area contributed by atoms with Crippen molar-refractivity contribution < 1.29 is 28.5 Å². The minimum Gasteiger partial charge on any atom is -0.466 e. The van der Waals surface area contributed by atoms with Gasteiger partial charge in [0.15, 0.2) is 0 Å². The monoisotopic (exact) mass is 488 g/mol. The van der Waals surface area contributed by atoms with Crippen LogP contribution in [-0.4, -0.2) is 65.4 Å². The molecule has 0 saturated carbocycles. The van der Waals surface area contributed by atoms with Gasteiger partial charge in [-0.1, -0.05) is 90.9 Å². The van der Waals surface area contributed by atoms with Crippen molar-refractivity contribution in [1.82, 2.24) is 0 Å². The van der Waals surface area contributed by atoms with Crippen molar-refractivity contribution in [2.45, 2.75) is 117 Å². The van der Waals surface area contributed by atoms with Gasteiger partial charge in [-0.2, -0.15) is 0 Å². The van der Waals surface area contributed by atoms with Gasteiger partial charge in [0.05, 0.1) is 46.2 Å². The van der Waals surface area contributed by atoms with E-state index in [2.05, 4.69) is 13.8 Å². The van der Waals surface area contributed by atoms with Gasteiger partial charge in [0.1, 0.15) is 0 Å². The summed E-state index contributed by atoms with van der Waals surface area (Å²) in [5, 5.41) is 0. The molecule has 0 radical (unpaired) electrons. The minimum absolute atomic E-state index is 0.116. The van der Waals surface area contributed by atoms with Crippen molar-refractivity contribution in [1.29, 1.82) is 0 Å². The van der Waals surface area contributed by atoms with E-state index in [-0.39, 0.29) is 5.97 Å². The molecule has 0 spiro atoms. The number of rotatable bonds is 29. The first-order chi connectivity index (χ1) is 16.8. The molecule has 0 saturated heterocycles. The summed E-state index contributed by atoms with van der Waals surface area (Å²) < 4.78 is 27.3. The fraction of sp³-hybridized carbons (Fsp3) is 0.964. The first-order valence-corrected chi connectivity index (χ1v) is 14.3. The molecule has 0 aliphatic heterocycles. The van der Waals surface area contributed by atoms with E-state index in [1.54, 1.807) is 0 Å². The summed E-state index contributed by atoms with van der Waals surface area (Å²) in [6, 6.07) is 0. The molecule has 0 rings (SSSR count). The highest BCUT2D eigenvalue weighted by molar-refractivity contribution is 5.69. The van der Waals surface area contributed by atoms with Crippen LogP contribution < -0.4 is 0 Å². The summed E-state index contributed by atoms with van der Waals surface area (Å²) in [7, 11) is 0. The topological polar surface area (TPSA) is 63.2 Å². The highest BCUT2D eigenvalue weighted by Gasteiger charge is 2.02. The van der Waals surface area contributed by atoms with E-state index in [9.17, 15) is 4.79 Å². The minimum atomic E-state index is -0.116. The molecular weight excluding hydrogens is 432 g/mol. The molecule has 0 aromatic carbocycles. The second-order valence-electron chi connectivity index (χ2n) is 9.02.